The largest absolute Gasteiger partial charge is 0.352 e. The molecule has 0 aliphatic carbocycles. The Morgan fingerprint density at radius 1 is 1.37 bits per heavy atom. The molecule has 1 amide bonds. The van der Waals surface area contributed by atoms with Crippen molar-refractivity contribution < 1.29 is 4.79 Å². The Morgan fingerprint density at radius 3 is 2.74 bits per heavy atom. The zero-order valence-corrected chi connectivity index (χ0v) is 12.1. The molecule has 3 atom stereocenters. The molecule has 104 valence electrons. The van der Waals surface area contributed by atoms with Crippen LogP contribution in [0, 0.1) is 5.92 Å². The molecule has 3 nitrogen and oxygen atoms in total. The van der Waals surface area contributed by atoms with Gasteiger partial charge in [-0.25, -0.2) is 0 Å². The first-order chi connectivity index (χ1) is 9.11. The Hall–Kier alpha value is -1.35. The fraction of sp³-hybridized carbons (Fsp3) is 0.562. The van der Waals surface area contributed by atoms with Gasteiger partial charge in [0.2, 0.25) is 5.91 Å². The SMILES string of the molecule is CCC(C)C(C)NC(=O)[C@H]1Cc2ccccc2CN1. The van der Waals surface area contributed by atoms with Crippen LogP contribution in [0.1, 0.15) is 38.3 Å². The van der Waals surface area contributed by atoms with Crippen LogP contribution in [0.15, 0.2) is 24.3 Å². The van der Waals surface area contributed by atoms with Gasteiger partial charge in [0.25, 0.3) is 0 Å². The van der Waals surface area contributed by atoms with Crippen molar-refractivity contribution in [3.8, 4) is 0 Å². The monoisotopic (exact) mass is 260 g/mol. The van der Waals surface area contributed by atoms with E-state index in [-0.39, 0.29) is 18.0 Å². The molecule has 0 saturated carbocycles. The molecule has 0 spiro atoms. The summed E-state index contributed by atoms with van der Waals surface area (Å²) >= 11 is 0. The van der Waals surface area contributed by atoms with Gasteiger partial charge in [0, 0.05) is 12.6 Å². The van der Waals surface area contributed by atoms with Gasteiger partial charge < -0.3 is 10.6 Å². The van der Waals surface area contributed by atoms with E-state index >= 15 is 0 Å². The zero-order chi connectivity index (χ0) is 13.8. The number of carbonyl (C=O) groups is 1. The Balaban J connectivity index is 1.95. The number of hydrogen-bond acceptors (Lipinski definition) is 2. The number of fused-ring (bicyclic) bond motifs is 1. The second-order valence-electron chi connectivity index (χ2n) is 5.59. The Bertz CT molecular complexity index is 444. The lowest BCUT2D eigenvalue weighted by molar-refractivity contribution is -0.124. The second kappa shape index (κ2) is 6.20. The highest BCUT2D eigenvalue weighted by Gasteiger charge is 2.25. The van der Waals surface area contributed by atoms with Crippen LogP contribution in [-0.4, -0.2) is 18.0 Å². The average Bonchev–Trinajstić information content (AvgIpc) is 2.45. The van der Waals surface area contributed by atoms with Crippen molar-refractivity contribution in [2.24, 2.45) is 5.92 Å². The lowest BCUT2D eigenvalue weighted by atomic mass is 9.94. The average molecular weight is 260 g/mol. The fourth-order valence-corrected chi connectivity index (χ4v) is 2.46. The third-order valence-electron chi connectivity index (χ3n) is 4.27. The summed E-state index contributed by atoms with van der Waals surface area (Å²) in [5, 5.41) is 6.45. The molecule has 2 N–H and O–H groups in total. The first-order valence-corrected chi connectivity index (χ1v) is 7.22. The van der Waals surface area contributed by atoms with Crippen LogP contribution in [-0.2, 0) is 17.8 Å². The van der Waals surface area contributed by atoms with E-state index in [0.29, 0.717) is 5.92 Å². The summed E-state index contributed by atoms with van der Waals surface area (Å²) in [6, 6.07) is 8.47. The lowest BCUT2D eigenvalue weighted by Crippen LogP contribution is -2.51. The van der Waals surface area contributed by atoms with Gasteiger partial charge in [-0.2, -0.15) is 0 Å². The van der Waals surface area contributed by atoms with Gasteiger partial charge in [-0.1, -0.05) is 44.5 Å². The lowest BCUT2D eigenvalue weighted by Gasteiger charge is -2.28. The summed E-state index contributed by atoms with van der Waals surface area (Å²) in [6.07, 6.45) is 1.87. The highest BCUT2D eigenvalue weighted by molar-refractivity contribution is 5.82. The van der Waals surface area contributed by atoms with Gasteiger partial charge in [0.15, 0.2) is 0 Å². The van der Waals surface area contributed by atoms with Crippen molar-refractivity contribution in [3.05, 3.63) is 35.4 Å². The number of carbonyl (C=O) groups excluding carboxylic acids is 1. The number of rotatable bonds is 4. The van der Waals surface area contributed by atoms with E-state index < -0.39 is 0 Å². The van der Waals surface area contributed by atoms with Gasteiger partial charge in [0.05, 0.1) is 6.04 Å². The Morgan fingerprint density at radius 2 is 2.05 bits per heavy atom. The Kier molecular flexibility index (Phi) is 4.59. The number of nitrogens with one attached hydrogen (secondary N) is 2. The zero-order valence-electron chi connectivity index (χ0n) is 12.1. The quantitative estimate of drug-likeness (QED) is 0.872. The minimum Gasteiger partial charge on any atom is -0.352 e. The maximum Gasteiger partial charge on any atom is 0.237 e. The molecule has 0 aromatic heterocycles. The first kappa shape index (κ1) is 14.1. The van der Waals surface area contributed by atoms with E-state index in [4.69, 9.17) is 0 Å². The third kappa shape index (κ3) is 3.35. The van der Waals surface area contributed by atoms with Crippen molar-refractivity contribution in [2.45, 2.75) is 52.2 Å². The Labute approximate surface area is 115 Å². The summed E-state index contributed by atoms with van der Waals surface area (Å²) in [5.41, 5.74) is 2.60. The maximum atomic E-state index is 12.3. The summed E-state index contributed by atoms with van der Waals surface area (Å²) in [7, 11) is 0. The van der Waals surface area contributed by atoms with E-state index in [1.807, 2.05) is 12.1 Å². The topological polar surface area (TPSA) is 41.1 Å². The van der Waals surface area contributed by atoms with Crippen LogP contribution in [0.4, 0.5) is 0 Å². The summed E-state index contributed by atoms with van der Waals surface area (Å²) < 4.78 is 0. The molecule has 0 bridgehead atoms. The van der Waals surface area contributed by atoms with Gasteiger partial charge >= 0.3 is 0 Å². The van der Waals surface area contributed by atoms with Gasteiger partial charge in [0.1, 0.15) is 0 Å². The van der Waals surface area contributed by atoms with E-state index in [0.717, 1.165) is 19.4 Å². The molecule has 2 unspecified atom stereocenters. The molecule has 1 aromatic rings. The van der Waals surface area contributed by atoms with E-state index in [2.05, 4.69) is 43.5 Å². The summed E-state index contributed by atoms with van der Waals surface area (Å²) in [5.74, 6) is 0.641. The van der Waals surface area contributed by atoms with Gasteiger partial charge in [-0.15, -0.1) is 0 Å². The molecule has 1 aromatic carbocycles. The van der Waals surface area contributed by atoms with Crippen molar-refractivity contribution in [1.29, 1.82) is 0 Å². The van der Waals surface area contributed by atoms with Gasteiger partial charge in [-0.3, -0.25) is 4.79 Å². The predicted octanol–water partition coefficient (Wildman–Crippen LogP) is 2.25. The molecule has 1 aliphatic rings. The standard InChI is InChI=1S/C16H24N2O/c1-4-11(2)12(3)18-16(19)15-9-13-7-5-6-8-14(13)10-17-15/h5-8,11-12,15,17H,4,9-10H2,1-3H3,(H,18,19)/t11?,12?,15-/m1/s1. The van der Waals surface area contributed by atoms with Crippen LogP contribution >= 0.6 is 0 Å². The van der Waals surface area contributed by atoms with E-state index in [9.17, 15) is 4.79 Å². The molecule has 0 fully saturated rings. The van der Waals surface area contributed by atoms with Crippen molar-refractivity contribution >= 4 is 5.91 Å². The molecule has 1 aliphatic heterocycles. The fourth-order valence-electron chi connectivity index (χ4n) is 2.46. The molecule has 1 heterocycles. The second-order valence-corrected chi connectivity index (χ2v) is 5.59. The van der Waals surface area contributed by atoms with Crippen LogP contribution < -0.4 is 10.6 Å². The van der Waals surface area contributed by atoms with Crippen LogP contribution in [0.25, 0.3) is 0 Å². The number of benzene rings is 1. The maximum absolute atomic E-state index is 12.3. The van der Waals surface area contributed by atoms with E-state index in [1.54, 1.807) is 0 Å². The minimum absolute atomic E-state index is 0.0959. The molecule has 19 heavy (non-hydrogen) atoms. The van der Waals surface area contributed by atoms with Crippen LogP contribution in [0.2, 0.25) is 0 Å². The molecule has 3 heteroatoms. The third-order valence-corrected chi connectivity index (χ3v) is 4.27. The van der Waals surface area contributed by atoms with Crippen molar-refractivity contribution in [3.63, 3.8) is 0 Å². The normalized spacial score (nSPS) is 21.3. The highest BCUT2D eigenvalue weighted by atomic mass is 16.2. The first-order valence-electron chi connectivity index (χ1n) is 7.22. The molecular formula is C16H24N2O. The summed E-state index contributed by atoms with van der Waals surface area (Å²) in [4.78, 5) is 12.3. The number of hydrogen-bond donors (Lipinski definition) is 2. The molecule has 0 saturated heterocycles. The molecule has 0 radical (unpaired) electrons. The van der Waals surface area contributed by atoms with Crippen LogP contribution in [0.5, 0.6) is 0 Å². The molecule has 2 rings (SSSR count). The van der Waals surface area contributed by atoms with Crippen molar-refractivity contribution in [1.82, 2.24) is 10.6 Å². The van der Waals surface area contributed by atoms with Crippen LogP contribution in [0.3, 0.4) is 0 Å². The van der Waals surface area contributed by atoms with E-state index in [1.165, 1.54) is 11.1 Å². The molecular weight excluding hydrogens is 236 g/mol. The number of amides is 1. The van der Waals surface area contributed by atoms with Gasteiger partial charge in [-0.05, 0) is 30.4 Å². The summed E-state index contributed by atoms with van der Waals surface area (Å²) in [6.45, 7) is 7.20. The smallest absolute Gasteiger partial charge is 0.237 e. The predicted molar refractivity (Wildman–Crippen MR) is 77.8 cm³/mol. The van der Waals surface area contributed by atoms with Crippen molar-refractivity contribution in [2.75, 3.05) is 0 Å². The highest BCUT2D eigenvalue weighted by Crippen LogP contribution is 2.16. The minimum atomic E-state index is -0.0959.